The van der Waals surface area contributed by atoms with E-state index in [2.05, 4.69) is 17.4 Å². The summed E-state index contributed by atoms with van der Waals surface area (Å²) in [5.74, 6) is -0.599. The molecule has 7 nitrogen and oxygen atoms in total. The largest absolute Gasteiger partial charge is 0.480 e. The maximum atomic E-state index is 12.6. The van der Waals surface area contributed by atoms with E-state index in [0.29, 0.717) is 12.4 Å². The summed E-state index contributed by atoms with van der Waals surface area (Å²) >= 11 is 0. The first-order valence-corrected chi connectivity index (χ1v) is 13.6. The number of rotatable bonds is 11. The van der Waals surface area contributed by atoms with Crippen molar-refractivity contribution in [1.82, 2.24) is 5.32 Å². The quantitative estimate of drug-likeness (QED) is 0.177. The van der Waals surface area contributed by atoms with Gasteiger partial charge in [0.15, 0.2) is 5.75 Å². The Bertz CT molecular complexity index is 1380. The number of carbonyl (C=O) groups excluding carboxylic acids is 1. The Morgan fingerprint density at radius 3 is 2.05 bits per heavy atom. The highest BCUT2D eigenvalue weighted by atomic mass is 31.1. The van der Waals surface area contributed by atoms with Crippen molar-refractivity contribution in [3.05, 3.63) is 125 Å². The molecule has 198 valence electrons. The monoisotopic (exact) mass is 542 g/mol. The molecule has 0 heterocycles. The van der Waals surface area contributed by atoms with Crippen LogP contribution in [0.15, 0.2) is 103 Å². The van der Waals surface area contributed by atoms with Gasteiger partial charge in [-0.05, 0) is 45.5 Å². The van der Waals surface area contributed by atoms with E-state index in [0.717, 1.165) is 33.4 Å². The van der Waals surface area contributed by atoms with Gasteiger partial charge in [-0.3, -0.25) is 0 Å². The molecular formula is C31H29NO6P+. The van der Waals surface area contributed by atoms with E-state index in [4.69, 9.17) is 13.8 Å². The number of carbonyl (C=O) groups is 2. The van der Waals surface area contributed by atoms with Gasteiger partial charge in [0.25, 0.3) is 9.03 Å². The van der Waals surface area contributed by atoms with Crippen LogP contribution >= 0.6 is 9.03 Å². The highest BCUT2D eigenvalue weighted by molar-refractivity contribution is 7.26. The van der Waals surface area contributed by atoms with Crippen LogP contribution in [0.25, 0.3) is 11.1 Å². The van der Waals surface area contributed by atoms with Crippen molar-refractivity contribution in [3.63, 3.8) is 0 Å². The Hall–Kier alpha value is -4.19. The first-order valence-electron chi connectivity index (χ1n) is 12.7. The standard InChI is InChI=1S/C31H28NO6P/c33-30(34)29(18-21-14-16-23(17-15-21)38-39-37-19-22-8-2-1-3-9-22)32-31(35)36-20-28-26-12-6-4-10-24(26)25-11-5-7-13-27(25)28/h1-17,28-29H,18-20,39H2,(H-,32,33,34,35)/p+1/t29-/m0/s1. The Kier molecular flexibility index (Phi) is 8.51. The maximum absolute atomic E-state index is 12.6. The molecule has 1 unspecified atom stereocenters. The molecule has 0 bridgehead atoms. The molecule has 0 aliphatic heterocycles. The molecule has 39 heavy (non-hydrogen) atoms. The minimum Gasteiger partial charge on any atom is -0.480 e. The third-order valence-electron chi connectivity index (χ3n) is 6.64. The molecule has 0 spiro atoms. The summed E-state index contributed by atoms with van der Waals surface area (Å²) in [7, 11) is -0.689. The average molecular weight is 543 g/mol. The Morgan fingerprint density at radius 1 is 0.795 bits per heavy atom. The number of fused-ring (bicyclic) bond motifs is 3. The fraction of sp³-hybridized carbons (Fsp3) is 0.161. The number of benzene rings is 4. The van der Waals surface area contributed by atoms with Crippen LogP contribution in [-0.2, 0) is 27.1 Å². The fourth-order valence-corrected chi connectivity index (χ4v) is 5.31. The van der Waals surface area contributed by atoms with E-state index in [1.807, 2.05) is 66.7 Å². The van der Waals surface area contributed by atoms with Crippen LogP contribution in [0.4, 0.5) is 4.79 Å². The van der Waals surface area contributed by atoms with Crippen molar-refractivity contribution in [3.8, 4) is 16.9 Å². The Morgan fingerprint density at radius 2 is 1.41 bits per heavy atom. The second kappa shape index (κ2) is 12.6. The van der Waals surface area contributed by atoms with Gasteiger partial charge >= 0.3 is 12.1 Å². The van der Waals surface area contributed by atoms with Crippen LogP contribution in [0.3, 0.4) is 0 Å². The molecular weight excluding hydrogens is 513 g/mol. The normalized spacial score (nSPS) is 13.0. The Labute approximate surface area is 228 Å². The van der Waals surface area contributed by atoms with Gasteiger partial charge in [0, 0.05) is 12.3 Å². The van der Waals surface area contributed by atoms with Crippen molar-refractivity contribution in [2.45, 2.75) is 25.0 Å². The van der Waals surface area contributed by atoms with Gasteiger partial charge in [-0.15, -0.1) is 0 Å². The number of nitrogens with one attached hydrogen (secondary N) is 1. The van der Waals surface area contributed by atoms with Crippen LogP contribution in [0.2, 0.25) is 0 Å². The van der Waals surface area contributed by atoms with Crippen LogP contribution in [-0.4, -0.2) is 29.8 Å². The summed E-state index contributed by atoms with van der Waals surface area (Å²) in [6.07, 6.45) is -0.652. The number of carboxylic acids is 1. The minimum absolute atomic E-state index is 0.0993. The lowest BCUT2D eigenvalue weighted by Crippen LogP contribution is -2.42. The van der Waals surface area contributed by atoms with Gasteiger partial charge in [-0.25, -0.2) is 9.59 Å². The SMILES string of the molecule is O=C(N[C@@H](Cc1ccc(O[PH2+]OCc2ccccc2)cc1)C(=O)O)OCC1c2ccccc2-c2ccccc21. The summed E-state index contributed by atoms with van der Waals surface area (Å²) in [6, 6.07) is 31.9. The number of hydrogen-bond acceptors (Lipinski definition) is 5. The lowest BCUT2D eigenvalue weighted by Gasteiger charge is -2.17. The molecule has 4 aromatic carbocycles. The van der Waals surface area contributed by atoms with Gasteiger partial charge in [-0.2, -0.15) is 4.52 Å². The van der Waals surface area contributed by atoms with Gasteiger partial charge < -0.3 is 19.7 Å². The third kappa shape index (κ3) is 6.63. The lowest BCUT2D eigenvalue weighted by molar-refractivity contribution is -0.139. The van der Waals surface area contributed by atoms with E-state index in [1.165, 1.54) is 0 Å². The first-order chi connectivity index (χ1) is 19.1. The molecule has 5 rings (SSSR count). The molecule has 2 N–H and O–H groups in total. The summed E-state index contributed by atoms with van der Waals surface area (Å²) in [6.45, 7) is 0.600. The molecule has 1 amide bonds. The number of amides is 1. The molecule has 0 aromatic heterocycles. The molecule has 4 aromatic rings. The maximum Gasteiger partial charge on any atom is 0.407 e. The van der Waals surface area contributed by atoms with E-state index in [9.17, 15) is 14.7 Å². The minimum atomic E-state index is -1.14. The van der Waals surface area contributed by atoms with E-state index in [1.54, 1.807) is 24.3 Å². The molecule has 0 radical (unpaired) electrons. The number of hydrogen-bond donors (Lipinski definition) is 2. The summed E-state index contributed by atoms with van der Waals surface area (Å²) in [4.78, 5) is 24.5. The van der Waals surface area contributed by atoms with Crippen molar-refractivity contribution in [1.29, 1.82) is 0 Å². The van der Waals surface area contributed by atoms with Gasteiger partial charge in [0.05, 0.1) is 0 Å². The van der Waals surface area contributed by atoms with E-state index < -0.39 is 27.1 Å². The van der Waals surface area contributed by atoms with Crippen LogP contribution in [0, 0.1) is 0 Å². The van der Waals surface area contributed by atoms with Crippen LogP contribution in [0.5, 0.6) is 5.75 Å². The number of alkyl carbamates (subject to hydrolysis) is 1. The van der Waals surface area contributed by atoms with E-state index in [-0.39, 0.29) is 18.9 Å². The van der Waals surface area contributed by atoms with Crippen molar-refractivity contribution >= 4 is 21.1 Å². The van der Waals surface area contributed by atoms with Crippen LogP contribution in [0.1, 0.15) is 28.2 Å². The topological polar surface area (TPSA) is 94.1 Å². The smallest absolute Gasteiger partial charge is 0.407 e. The second-order valence-electron chi connectivity index (χ2n) is 9.22. The highest BCUT2D eigenvalue weighted by Crippen LogP contribution is 2.44. The summed E-state index contributed by atoms with van der Waals surface area (Å²) in [5, 5.41) is 12.2. The van der Waals surface area contributed by atoms with E-state index >= 15 is 0 Å². The lowest BCUT2D eigenvalue weighted by atomic mass is 9.98. The molecule has 2 atom stereocenters. The molecule has 1 aliphatic carbocycles. The number of carboxylic acid groups (broad SMARTS) is 1. The summed E-state index contributed by atoms with van der Waals surface area (Å²) < 4.78 is 16.8. The zero-order valence-electron chi connectivity index (χ0n) is 21.2. The molecule has 0 fully saturated rings. The predicted octanol–water partition coefficient (Wildman–Crippen LogP) is 6.06. The zero-order valence-corrected chi connectivity index (χ0v) is 22.3. The number of aliphatic carboxylic acids is 1. The number of ether oxygens (including phenoxy) is 1. The third-order valence-corrected chi connectivity index (χ3v) is 7.31. The average Bonchev–Trinajstić information content (AvgIpc) is 3.29. The van der Waals surface area contributed by atoms with Gasteiger partial charge in [-0.1, -0.05) is 91.0 Å². The molecule has 8 heteroatoms. The predicted molar refractivity (Wildman–Crippen MR) is 151 cm³/mol. The summed E-state index contributed by atoms with van der Waals surface area (Å²) in [5.41, 5.74) is 6.26. The van der Waals surface area contributed by atoms with Crippen molar-refractivity contribution < 1.29 is 28.5 Å². The van der Waals surface area contributed by atoms with Crippen molar-refractivity contribution in [2.75, 3.05) is 6.61 Å². The van der Waals surface area contributed by atoms with Gasteiger partial charge in [0.2, 0.25) is 0 Å². The zero-order chi connectivity index (χ0) is 27.0. The molecule has 0 saturated carbocycles. The second-order valence-corrected chi connectivity index (χ2v) is 9.98. The molecule has 0 saturated heterocycles. The fourth-order valence-electron chi connectivity index (χ4n) is 4.72. The van der Waals surface area contributed by atoms with Crippen molar-refractivity contribution in [2.24, 2.45) is 0 Å². The van der Waals surface area contributed by atoms with Crippen LogP contribution < -0.4 is 9.84 Å². The molecule has 1 aliphatic rings. The van der Waals surface area contributed by atoms with Gasteiger partial charge in [0.1, 0.15) is 19.3 Å². The highest BCUT2D eigenvalue weighted by Gasteiger charge is 2.29. The Balaban J connectivity index is 1.12. The first kappa shape index (κ1) is 26.4.